The van der Waals surface area contributed by atoms with E-state index in [1.807, 2.05) is 31.2 Å². The molecule has 10 heteroatoms. The summed E-state index contributed by atoms with van der Waals surface area (Å²) in [6.45, 7) is 3.52. The minimum absolute atomic E-state index is 0.0667. The van der Waals surface area contributed by atoms with E-state index >= 15 is 0 Å². The molecule has 2 aliphatic rings. The minimum Gasteiger partial charge on any atom is -0.454 e. The molecule has 34 heavy (non-hydrogen) atoms. The van der Waals surface area contributed by atoms with Crippen molar-refractivity contribution in [3.8, 4) is 22.8 Å². The Kier molecular flexibility index (Phi) is 4.95. The highest BCUT2D eigenvalue weighted by molar-refractivity contribution is 5.74. The lowest BCUT2D eigenvalue weighted by atomic mass is 10.1. The van der Waals surface area contributed by atoms with Gasteiger partial charge in [0.05, 0.1) is 23.8 Å². The highest BCUT2D eigenvalue weighted by Gasteiger charge is 2.23. The largest absolute Gasteiger partial charge is 0.454 e. The van der Waals surface area contributed by atoms with Crippen LogP contribution in [0.15, 0.2) is 41.5 Å². The zero-order valence-electron chi connectivity index (χ0n) is 18.9. The number of ether oxygens (including phenoxy) is 3. The SMILES string of the molecule is Cc1cc(-c2ccc3c(c2)OCO3)ncc1Nc1ncc2c(n1)n(C1CCOCC1)c(=O)n2C. The summed E-state index contributed by atoms with van der Waals surface area (Å²) >= 11 is 0. The molecule has 0 unspecified atom stereocenters. The molecule has 0 aliphatic carbocycles. The molecule has 2 aliphatic heterocycles. The van der Waals surface area contributed by atoms with Crippen molar-refractivity contribution in [2.24, 2.45) is 7.05 Å². The van der Waals surface area contributed by atoms with E-state index in [2.05, 4.69) is 15.3 Å². The Labute approximate surface area is 195 Å². The second-order valence-corrected chi connectivity index (χ2v) is 8.54. The smallest absolute Gasteiger partial charge is 0.330 e. The summed E-state index contributed by atoms with van der Waals surface area (Å²) in [4.78, 5) is 26.7. The van der Waals surface area contributed by atoms with Gasteiger partial charge in [-0.1, -0.05) is 0 Å². The van der Waals surface area contributed by atoms with E-state index in [1.54, 1.807) is 28.6 Å². The van der Waals surface area contributed by atoms with Gasteiger partial charge >= 0.3 is 5.69 Å². The van der Waals surface area contributed by atoms with Gasteiger partial charge in [-0.25, -0.2) is 9.78 Å². The summed E-state index contributed by atoms with van der Waals surface area (Å²) in [6, 6.07) is 7.85. The topological polar surface area (TPSA) is 105 Å². The molecular formula is C24H24N6O4. The number of imidazole rings is 1. The molecule has 0 amide bonds. The van der Waals surface area contributed by atoms with Gasteiger partial charge in [0.1, 0.15) is 5.52 Å². The monoisotopic (exact) mass is 460 g/mol. The molecule has 0 bridgehead atoms. The van der Waals surface area contributed by atoms with Gasteiger partial charge < -0.3 is 19.5 Å². The molecule has 0 spiro atoms. The summed E-state index contributed by atoms with van der Waals surface area (Å²) in [7, 11) is 1.75. The van der Waals surface area contributed by atoms with Gasteiger partial charge in [0, 0.05) is 31.9 Å². The summed E-state index contributed by atoms with van der Waals surface area (Å²) in [5.74, 6) is 1.88. The molecule has 1 aromatic carbocycles. The van der Waals surface area contributed by atoms with Gasteiger partial charge in [-0.3, -0.25) is 14.1 Å². The van der Waals surface area contributed by atoms with E-state index in [9.17, 15) is 4.79 Å². The quantitative estimate of drug-likeness (QED) is 0.495. The van der Waals surface area contributed by atoms with Crippen molar-refractivity contribution in [1.82, 2.24) is 24.1 Å². The first-order chi connectivity index (χ1) is 16.6. The molecule has 1 N–H and O–H groups in total. The van der Waals surface area contributed by atoms with Gasteiger partial charge in [-0.2, -0.15) is 4.98 Å². The van der Waals surface area contributed by atoms with Crippen LogP contribution in [-0.4, -0.2) is 44.1 Å². The summed E-state index contributed by atoms with van der Waals surface area (Å²) in [5.41, 5.74) is 4.80. The zero-order chi connectivity index (χ0) is 23.2. The maximum atomic E-state index is 12.9. The van der Waals surface area contributed by atoms with Crippen LogP contribution in [0.4, 0.5) is 11.6 Å². The van der Waals surface area contributed by atoms with Gasteiger partial charge in [-0.15, -0.1) is 0 Å². The van der Waals surface area contributed by atoms with Crippen molar-refractivity contribution in [3.05, 3.63) is 52.7 Å². The highest BCUT2D eigenvalue weighted by atomic mass is 16.7. The number of anilines is 2. The number of aryl methyl sites for hydroxylation is 2. The first-order valence-corrected chi connectivity index (χ1v) is 11.2. The molecule has 0 radical (unpaired) electrons. The van der Waals surface area contributed by atoms with Crippen LogP contribution >= 0.6 is 0 Å². The van der Waals surface area contributed by atoms with Crippen LogP contribution in [0.2, 0.25) is 0 Å². The highest BCUT2D eigenvalue weighted by Crippen LogP contribution is 2.36. The number of hydrogen-bond donors (Lipinski definition) is 1. The van der Waals surface area contributed by atoms with E-state index in [-0.39, 0.29) is 18.5 Å². The third kappa shape index (κ3) is 3.47. The number of nitrogens with one attached hydrogen (secondary N) is 1. The molecule has 5 heterocycles. The first-order valence-electron chi connectivity index (χ1n) is 11.2. The predicted molar refractivity (Wildman–Crippen MR) is 126 cm³/mol. The van der Waals surface area contributed by atoms with Crippen molar-refractivity contribution < 1.29 is 14.2 Å². The molecule has 3 aromatic heterocycles. The van der Waals surface area contributed by atoms with Gasteiger partial charge in [-0.05, 0) is 49.6 Å². The Morgan fingerprint density at radius 1 is 1.06 bits per heavy atom. The zero-order valence-corrected chi connectivity index (χ0v) is 18.9. The van der Waals surface area contributed by atoms with Crippen LogP contribution in [0.5, 0.6) is 11.5 Å². The Morgan fingerprint density at radius 3 is 2.71 bits per heavy atom. The lowest BCUT2D eigenvalue weighted by molar-refractivity contribution is 0.0695. The van der Waals surface area contributed by atoms with Crippen LogP contribution in [0, 0.1) is 6.92 Å². The molecule has 4 aromatic rings. The lowest BCUT2D eigenvalue weighted by Gasteiger charge is -2.22. The molecule has 10 nitrogen and oxygen atoms in total. The van der Waals surface area contributed by atoms with Gasteiger partial charge in [0.15, 0.2) is 17.1 Å². The van der Waals surface area contributed by atoms with Crippen molar-refractivity contribution in [1.29, 1.82) is 0 Å². The van der Waals surface area contributed by atoms with E-state index in [1.165, 1.54) is 0 Å². The average Bonchev–Trinajstić information content (AvgIpc) is 3.43. The first kappa shape index (κ1) is 20.7. The molecule has 0 atom stereocenters. The van der Waals surface area contributed by atoms with Crippen LogP contribution in [0.3, 0.4) is 0 Å². The number of benzene rings is 1. The molecule has 1 fully saturated rings. The maximum Gasteiger partial charge on any atom is 0.330 e. The normalized spacial score (nSPS) is 15.7. The van der Waals surface area contributed by atoms with Crippen molar-refractivity contribution in [3.63, 3.8) is 0 Å². The van der Waals surface area contributed by atoms with E-state index < -0.39 is 0 Å². The average molecular weight is 460 g/mol. The third-order valence-electron chi connectivity index (χ3n) is 6.41. The second kappa shape index (κ2) is 8.14. The Morgan fingerprint density at radius 2 is 1.88 bits per heavy atom. The van der Waals surface area contributed by atoms with Crippen molar-refractivity contribution in [2.75, 3.05) is 25.3 Å². The molecule has 174 valence electrons. The van der Waals surface area contributed by atoms with Crippen LogP contribution in [0.1, 0.15) is 24.4 Å². The Balaban J connectivity index is 1.31. The van der Waals surface area contributed by atoms with Crippen LogP contribution in [-0.2, 0) is 11.8 Å². The molecular weight excluding hydrogens is 436 g/mol. The predicted octanol–water partition coefficient (Wildman–Crippen LogP) is 3.32. The van der Waals surface area contributed by atoms with Gasteiger partial charge in [0.25, 0.3) is 0 Å². The fourth-order valence-corrected chi connectivity index (χ4v) is 4.49. The molecule has 1 saturated heterocycles. The number of nitrogens with zero attached hydrogens (tertiary/aromatic N) is 5. The summed E-state index contributed by atoms with van der Waals surface area (Å²) in [5, 5.41) is 3.26. The Bertz CT molecular complexity index is 1450. The maximum absolute atomic E-state index is 12.9. The lowest BCUT2D eigenvalue weighted by Crippen LogP contribution is -2.30. The van der Waals surface area contributed by atoms with Crippen LogP contribution in [0.25, 0.3) is 22.4 Å². The number of hydrogen-bond acceptors (Lipinski definition) is 8. The molecule has 0 saturated carbocycles. The fraction of sp³-hybridized carbons (Fsp3) is 0.333. The second-order valence-electron chi connectivity index (χ2n) is 8.54. The summed E-state index contributed by atoms with van der Waals surface area (Å²) < 4.78 is 19.7. The molecule has 6 rings (SSSR count). The van der Waals surface area contributed by atoms with Crippen molar-refractivity contribution in [2.45, 2.75) is 25.8 Å². The van der Waals surface area contributed by atoms with E-state index in [4.69, 9.17) is 19.2 Å². The van der Waals surface area contributed by atoms with E-state index in [0.29, 0.717) is 30.3 Å². The third-order valence-corrected chi connectivity index (χ3v) is 6.41. The number of rotatable bonds is 4. The van der Waals surface area contributed by atoms with Crippen molar-refractivity contribution >= 4 is 22.8 Å². The Hall–Kier alpha value is -3.92. The van der Waals surface area contributed by atoms with E-state index in [0.717, 1.165) is 46.8 Å². The fourth-order valence-electron chi connectivity index (χ4n) is 4.49. The minimum atomic E-state index is -0.0840. The number of fused-ring (bicyclic) bond motifs is 2. The van der Waals surface area contributed by atoms with Gasteiger partial charge in [0.2, 0.25) is 12.7 Å². The standard InChI is InChI=1S/C24H24N6O4/c1-14-9-17(15-3-4-20-21(10-15)34-13-33-20)25-11-18(14)27-23-26-12-19-22(28-23)30(24(31)29(19)2)16-5-7-32-8-6-16/h3-4,9-12,16H,5-8,13H2,1-2H3,(H,26,27,28). The number of pyridine rings is 1. The number of aromatic nitrogens is 5. The summed E-state index contributed by atoms with van der Waals surface area (Å²) in [6.07, 6.45) is 5.03. The van der Waals surface area contributed by atoms with Crippen LogP contribution < -0.4 is 20.5 Å².